The van der Waals surface area contributed by atoms with Gasteiger partial charge in [0.15, 0.2) is 5.78 Å². The minimum Gasteiger partial charge on any atom is -0.380 e. The maximum Gasteiger partial charge on any atom is 0.325 e. The summed E-state index contributed by atoms with van der Waals surface area (Å²) in [7, 11) is -2.18. The molecule has 0 aromatic heterocycles. The number of methoxy groups -OCH3 is 1. The number of oxime groups is 1. The van der Waals surface area contributed by atoms with Crippen molar-refractivity contribution < 1.29 is 22.2 Å². The number of hydrogen-bond acceptors (Lipinski definition) is 6. The van der Waals surface area contributed by atoms with E-state index in [-0.39, 0.29) is 18.1 Å². The van der Waals surface area contributed by atoms with Gasteiger partial charge in [0, 0.05) is 12.7 Å². The van der Waals surface area contributed by atoms with Gasteiger partial charge in [0.25, 0.3) is 0 Å². The molecule has 0 radical (unpaired) electrons. The Morgan fingerprint density at radius 1 is 1.38 bits per heavy atom. The van der Waals surface area contributed by atoms with Crippen molar-refractivity contribution in [1.29, 1.82) is 0 Å². The largest absolute Gasteiger partial charge is 0.380 e. The first-order valence-electron chi connectivity index (χ1n) is 4.31. The lowest BCUT2D eigenvalue weighted by molar-refractivity contribution is -0.111. The molecule has 0 amide bonds. The van der Waals surface area contributed by atoms with Crippen LogP contribution < -0.4 is 0 Å². The van der Waals surface area contributed by atoms with Crippen molar-refractivity contribution >= 4 is 21.6 Å². The average molecular weight is 245 g/mol. The molecular weight excluding hydrogens is 234 g/mol. The van der Waals surface area contributed by atoms with Crippen LogP contribution in [0.4, 0.5) is 0 Å². The minimum atomic E-state index is -3.63. The van der Waals surface area contributed by atoms with Gasteiger partial charge in [-0.15, -0.1) is 0 Å². The molecule has 1 aliphatic rings. The second kappa shape index (κ2) is 5.04. The maximum absolute atomic E-state index is 11.3. The molecule has 1 aliphatic carbocycles. The summed E-state index contributed by atoms with van der Waals surface area (Å²) in [5.74, 6) is -0.194. The molecule has 88 valence electrons. The molecule has 0 saturated carbocycles. The lowest BCUT2D eigenvalue weighted by atomic mass is 10.0. The summed E-state index contributed by atoms with van der Waals surface area (Å²) >= 11 is 0. The summed E-state index contributed by atoms with van der Waals surface area (Å²) in [4.78, 5) is 11.3. The van der Waals surface area contributed by atoms with Crippen LogP contribution in [0, 0.1) is 0 Å². The van der Waals surface area contributed by atoms with E-state index in [1.165, 1.54) is 25.3 Å². The van der Waals surface area contributed by atoms with Gasteiger partial charge in [-0.2, -0.15) is 8.42 Å². The first-order chi connectivity index (χ1) is 7.42. The van der Waals surface area contributed by atoms with Crippen molar-refractivity contribution in [3.63, 3.8) is 0 Å². The Morgan fingerprint density at radius 2 is 2.06 bits per heavy atom. The topological polar surface area (TPSA) is 82.0 Å². The molecule has 0 aromatic carbocycles. The summed E-state index contributed by atoms with van der Waals surface area (Å²) in [5.41, 5.74) is 0.637. The zero-order chi connectivity index (χ0) is 12.2. The Balaban J connectivity index is 2.84. The first-order valence-corrected chi connectivity index (χ1v) is 6.12. The fraction of sp³-hybridized carbons (Fsp3) is 0.333. The summed E-state index contributed by atoms with van der Waals surface area (Å²) in [5, 5.41) is 3.38. The van der Waals surface area contributed by atoms with Crippen LogP contribution in [0.1, 0.15) is 0 Å². The van der Waals surface area contributed by atoms with Crippen molar-refractivity contribution in [2.75, 3.05) is 20.0 Å². The lowest BCUT2D eigenvalue weighted by Gasteiger charge is -2.06. The Morgan fingerprint density at radius 3 is 2.62 bits per heavy atom. The molecule has 0 unspecified atom stereocenters. The second-order valence-corrected chi connectivity index (χ2v) is 4.65. The van der Waals surface area contributed by atoms with Crippen molar-refractivity contribution in [2.24, 2.45) is 5.16 Å². The number of carbonyl (C=O) groups excluding carboxylic acids is 1. The number of rotatable bonds is 4. The van der Waals surface area contributed by atoms with Crippen molar-refractivity contribution in [2.45, 2.75) is 0 Å². The number of nitrogens with zero attached hydrogens (tertiary/aromatic N) is 1. The Bertz CT molecular complexity index is 472. The highest BCUT2D eigenvalue weighted by Gasteiger charge is 2.12. The van der Waals surface area contributed by atoms with Crippen LogP contribution in [-0.2, 0) is 23.9 Å². The van der Waals surface area contributed by atoms with Gasteiger partial charge in [0.1, 0.15) is 5.71 Å². The van der Waals surface area contributed by atoms with Gasteiger partial charge in [-0.25, -0.2) is 0 Å². The van der Waals surface area contributed by atoms with Crippen LogP contribution in [0.5, 0.6) is 0 Å². The van der Waals surface area contributed by atoms with Gasteiger partial charge in [-0.05, 0) is 18.2 Å². The molecule has 0 saturated heterocycles. The highest BCUT2D eigenvalue weighted by Crippen LogP contribution is 2.07. The van der Waals surface area contributed by atoms with Gasteiger partial charge in [-0.3, -0.25) is 9.08 Å². The second-order valence-electron chi connectivity index (χ2n) is 3.09. The Labute approximate surface area is 93.3 Å². The van der Waals surface area contributed by atoms with Crippen LogP contribution in [0.3, 0.4) is 0 Å². The number of carbonyl (C=O) groups is 1. The molecule has 0 heterocycles. The summed E-state index contributed by atoms with van der Waals surface area (Å²) in [6, 6.07) is 0. The average Bonchev–Trinajstić information content (AvgIpc) is 2.18. The molecule has 0 fully saturated rings. The molecule has 0 atom stereocenters. The van der Waals surface area contributed by atoms with E-state index in [1.54, 1.807) is 0 Å². The van der Waals surface area contributed by atoms with E-state index >= 15 is 0 Å². The molecule has 1 rings (SSSR count). The minimum absolute atomic E-state index is 0.140. The predicted octanol–water partition coefficient (Wildman–Crippen LogP) is 0.0303. The standard InChI is InChI=1S/C9H11NO5S/c1-14-6-7-5-8(3-4-9(7)11)10-15-16(2,12)13/h3-5H,6H2,1-2H3/b10-8+. The quantitative estimate of drug-likeness (QED) is 0.515. The van der Waals surface area contributed by atoms with Gasteiger partial charge in [0.2, 0.25) is 0 Å². The van der Waals surface area contributed by atoms with Crippen LogP contribution in [0.15, 0.2) is 29.0 Å². The van der Waals surface area contributed by atoms with E-state index in [4.69, 9.17) is 4.74 Å². The molecule has 0 spiro atoms. The van der Waals surface area contributed by atoms with Crippen LogP contribution >= 0.6 is 0 Å². The first kappa shape index (κ1) is 12.6. The van der Waals surface area contributed by atoms with Gasteiger partial charge < -0.3 is 4.74 Å². The predicted molar refractivity (Wildman–Crippen MR) is 57.5 cm³/mol. The highest BCUT2D eigenvalue weighted by atomic mass is 32.2. The highest BCUT2D eigenvalue weighted by molar-refractivity contribution is 7.85. The van der Waals surface area contributed by atoms with Gasteiger partial charge in [0.05, 0.1) is 12.9 Å². The van der Waals surface area contributed by atoms with Crippen LogP contribution in [0.25, 0.3) is 0 Å². The lowest BCUT2D eigenvalue weighted by Crippen LogP contribution is -2.12. The third kappa shape index (κ3) is 3.95. The molecule has 0 N–H and O–H groups in total. The summed E-state index contributed by atoms with van der Waals surface area (Å²) < 4.78 is 30.4. The van der Waals surface area contributed by atoms with E-state index in [0.717, 1.165) is 6.26 Å². The van der Waals surface area contributed by atoms with E-state index in [9.17, 15) is 13.2 Å². The number of ether oxygens (including phenoxy) is 1. The van der Waals surface area contributed by atoms with E-state index in [0.29, 0.717) is 5.57 Å². The fourth-order valence-electron chi connectivity index (χ4n) is 1.00. The molecular formula is C9H11NO5S. The maximum atomic E-state index is 11.3. The molecule has 0 bridgehead atoms. The normalized spacial score (nSPS) is 18.8. The SMILES string of the molecule is COCC1=C/C(=N/OS(C)(=O)=O)C=CC1=O. The van der Waals surface area contributed by atoms with Crippen LogP contribution in [0.2, 0.25) is 0 Å². The smallest absolute Gasteiger partial charge is 0.325 e. The van der Waals surface area contributed by atoms with E-state index in [2.05, 4.69) is 9.44 Å². The monoisotopic (exact) mass is 245 g/mol. The zero-order valence-corrected chi connectivity index (χ0v) is 9.65. The number of hydrogen-bond donors (Lipinski definition) is 0. The fourth-order valence-corrected chi connectivity index (χ4v) is 1.22. The summed E-state index contributed by atoms with van der Waals surface area (Å²) in [6.07, 6.45) is 4.94. The summed E-state index contributed by atoms with van der Waals surface area (Å²) in [6.45, 7) is 0.140. The van der Waals surface area contributed by atoms with Crippen LogP contribution in [-0.4, -0.2) is 39.9 Å². The molecule has 7 heteroatoms. The molecule has 6 nitrogen and oxygen atoms in total. The zero-order valence-electron chi connectivity index (χ0n) is 8.84. The van der Waals surface area contributed by atoms with E-state index < -0.39 is 10.1 Å². The molecule has 0 aliphatic heterocycles. The van der Waals surface area contributed by atoms with Gasteiger partial charge in [-0.1, -0.05) is 5.16 Å². The Hall–Kier alpha value is -1.47. The molecule has 16 heavy (non-hydrogen) atoms. The number of allylic oxidation sites excluding steroid dienone is 3. The van der Waals surface area contributed by atoms with Crippen molar-refractivity contribution in [3.05, 3.63) is 23.8 Å². The van der Waals surface area contributed by atoms with Crippen molar-refractivity contribution in [1.82, 2.24) is 0 Å². The Kier molecular flexibility index (Phi) is 3.97. The third-order valence-corrected chi connectivity index (χ3v) is 1.97. The molecule has 0 aromatic rings. The third-order valence-electron chi connectivity index (χ3n) is 1.62. The van der Waals surface area contributed by atoms with Gasteiger partial charge >= 0.3 is 10.1 Å². The van der Waals surface area contributed by atoms with E-state index in [1.807, 2.05) is 0 Å². The number of ketones is 1. The van der Waals surface area contributed by atoms with Crippen molar-refractivity contribution in [3.8, 4) is 0 Å².